The molecule has 1 saturated carbocycles. The van der Waals surface area contributed by atoms with Crippen LogP contribution in [0.25, 0.3) is 11.1 Å². The minimum Gasteiger partial charge on any atom is -0.471 e. The zero-order chi connectivity index (χ0) is 29.7. The molecule has 0 saturated heterocycles. The predicted octanol–water partition coefficient (Wildman–Crippen LogP) is 4.80. The van der Waals surface area contributed by atoms with Gasteiger partial charge in [0.1, 0.15) is 12.2 Å². The molecule has 1 aliphatic heterocycles. The molecular weight excluding hydrogens is 528 g/mol. The number of pyridine rings is 2. The second kappa shape index (κ2) is 12.9. The van der Waals surface area contributed by atoms with Gasteiger partial charge in [0.15, 0.2) is 0 Å². The molecule has 8 nitrogen and oxygen atoms in total. The lowest BCUT2D eigenvalue weighted by Crippen LogP contribution is -2.52. The molecule has 224 valence electrons. The first kappa shape index (κ1) is 30.1. The fourth-order valence-corrected chi connectivity index (χ4v) is 6.09. The van der Waals surface area contributed by atoms with Crippen LogP contribution in [-0.4, -0.2) is 59.0 Å². The van der Waals surface area contributed by atoms with Crippen molar-refractivity contribution in [1.29, 1.82) is 0 Å². The second-order valence-corrected chi connectivity index (χ2v) is 13.1. The van der Waals surface area contributed by atoms with E-state index in [0.717, 1.165) is 54.4 Å². The molecule has 0 radical (unpaired) electrons. The van der Waals surface area contributed by atoms with E-state index >= 15 is 0 Å². The van der Waals surface area contributed by atoms with Gasteiger partial charge in [-0.25, -0.2) is 4.98 Å². The van der Waals surface area contributed by atoms with Crippen molar-refractivity contribution in [1.82, 2.24) is 20.6 Å². The van der Waals surface area contributed by atoms with Crippen LogP contribution in [0.1, 0.15) is 69.2 Å². The Labute approximate surface area is 249 Å². The number of rotatable bonds is 11. The van der Waals surface area contributed by atoms with Crippen molar-refractivity contribution < 1.29 is 19.4 Å². The van der Waals surface area contributed by atoms with Crippen LogP contribution in [0.3, 0.4) is 0 Å². The summed E-state index contributed by atoms with van der Waals surface area (Å²) < 4.78 is 11.5. The van der Waals surface area contributed by atoms with Gasteiger partial charge in [-0.2, -0.15) is 0 Å². The van der Waals surface area contributed by atoms with E-state index in [1.165, 1.54) is 12.7 Å². The average Bonchev–Trinajstić information content (AvgIpc) is 2.94. The summed E-state index contributed by atoms with van der Waals surface area (Å²) >= 11 is 0. The molecule has 2 aliphatic rings. The third kappa shape index (κ3) is 7.54. The lowest BCUT2D eigenvalue weighted by Gasteiger charge is -2.47. The topological polar surface area (TPSA) is 106 Å². The van der Waals surface area contributed by atoms with Crippen LogP contribution < -0.4 is 15.4 Å². The van der Waals surface area contributed by atoms with E-state index in [1.807, 2.05) is 30.5 Å². The highest BCUT2D eigenvalue weighted by atomic mass is 16.5. The van der Waals surface area contributed by atoms with E-state index < -0.39 is 12.1 Å². The third-order valence-corrected chi connectivity index (χ3v) is 8.26. The molecular formula is C34H44N4O4. The summed E-state index contributed by atoms with van der Waals surface area (Å²) in [4.78, 5) is 21.4. The highest BCUT2D eigenvalue weighted by Gasteiger charge is 2.46. The largest absolute Gasteiger partial charge is 0.471 e. The highest BCUT2D eigenvalue weighted by molar-refractivity contribution is 5.77. The number of aliphatic hydroxyl groups excluding tert-OH is 1. The first-order valence-corrected chi connectivity index (χ1v) is 15.0. The number of aromatic nitrogens is 2. The standard InChI is InChI=1S/C34H44N4O4/c1-33(2,3)18-24-16-27-29(19-34(11-6-12-34)42-32(27)37-20-24)36-21-30(39)28(38-31(40)22-41-4)17-23-7-5-8-26(15-23)25-9-13-35-14-10-25/h5,7-10,13-16,20,28-30,36,39H,6,11-12,17-19,21-22H2,1-4H3,(H,38,40)/t28?,29-,30+/m0/s1. The normalized spacial score (nSPS) is 18.8. The van der Waals surface area contributed by atoms with Crippen molar-refractivity contribution in [3.8, 4) is 17.0 Å². The number of amides is 1. The Bertz CT molecular complexity index is 1350. The third-order valence-electron chi connectivity index (χ3n) is 8.26. The first-order valence-electron chi connectivity index (χ1n) is 15.0. The van der Waals surface area contributed by atoms with Crippen molar-refractivity contribution in [3.63, 3.8) is 0 Å². The van der Waals surface area contributed by atoms with Gasteiger partial charge in [0.25, 0.3) is 0 Å². The molecule has 8 heteroatoms. The Hall–Kier alpha value is -3.33. The molecule has 0 bridgehead atoms. The van der Waals surface area contributed by atoms with Gasteiger partial charge in [0.2, 0.25) is 11.8 Å². The zero-order valence-corrected chi connectivity index (χ0v) is 25.2. The van der Waals surface area contributed by atoms with Gasteiger partial charge in [-0.3, -0.25) is 9.78 Å². The van der Waals surface area contributed by atoms with E-state index in [-0.39, 0.29) is 29.6 Å². The monoisotopic (exact) mass is 572 g/mol. The molecule has 1 amide bonds. The smallest absolute Gasteiger partial charge is 0.246 e. The van der Waals surface area contributed by atoms with E-state index in [9.17, 15) is 9.90 Å². The average molecular weight is 573 g/mol. The van der Waals surface area contributed by atoms with Gasteiger partial charge in [-0.05, 0) is 78.0 Å². The molecule has 1 spiro atoms. The number of carbonyl (C=O) groups is 1. The Balaban J connectivity index is 1.33. The quantitative estimate of drug-likeness (QED) is 0.303. The van der Waals surface area contributed by atoms with Crippen molar-refractivity contribution in [3.05, 3.63) is 77.7 Å². The summed E-state index contributed by atoms with van der Waals surface area (Å²) in [5, 5.41) is 18.1. The number of benzene rings is 1. The van der Waals surface area contributed by atoms with Gasteiger partial charge >= 0.3 is 0 Å². The fourth-order valence-electron chi connectivity index (χ4n) is 6.09. The molecule has 5 rings (SSSR count). The van der Waals surface area contributed by atoms with Crippen LogP contribution in [0.4, 0.5) is 0 Å². The summed E-state index contributed by atoms with van der Waals surface area (Å²) in [7, 11) is 1.49. The maximum atomic E-state index is 12.6. The Kier molecular flexibility index (Phi) is 9.25. The molecule has 3 atom stereocenters. The molecule has 42 heavy (non-hydrogen) atoms. The van der Waals surface area contributed by atoms with Crippen LogP contribution in [0, 0.1) is 5.41 Å². The van der Waals surface area contributed by atoms with Crippen LogP contribution in [0.15, 0.2) is 61.1 Å². The van der Waals surface area contributed by atoms with Gasteiger partial charge in [0, 0.05) is 50.3 Å². The van der Waals surface area contributed by atoms with Gasteiger partial charge in [0.05, 0.1) is 12.1 Å². The lowest BCUT2D eigenvalue weighted by molar-refractivity contribution is -0.126. The van der Waals surface area contributed by atoms with E-state index in [1.54, 1.807) is 12.4 Å². The molecule has 1 unspecified atom stereocenters. The number of nitrogens with one attached hydrogen (secondary N) is 2. The van der Waals surface area contributed by atoms with Crippen molar-refractivity contribution in [2.45, 2.75) is 83.1 Å². The Morgan fingerprint density at radius 3 is 2.62 bits per heavy atom. The van der Waals surface area contributed by atoms with Crippen LogP contribution in [-0.2, 0) is 22.4 Å². The number of hydrogen-bond donors (Lipinski definition) is 3. The summed E-state index contributed by atoms with van der Waals surface area (Å²) in [6.07, 6.45) is 10.1. The van der Waals surface area contributed by atoms with Gasteiger partial charge in [-0.1, -0.05) is 45.0 Å². The van der Waals surface area contributed by atoms with E-state index in [2.05, 4.69) is 54.6 Å². The Morgan fingerprint density at radius 2 is 1.93 bits per heavy atom. The molecule has 1 aliphatic carbocycles. The molecule has 3 heterocycles. The zero-order valence-electron chi connectivity index (χ0n) is 25.2. The first-order chi connectivity index (χ1) is 20.1. The number of fused-ring (bicyclic) bond motifs is 1. The van der Waals surface area contributed by atoms with Crippen LogP contribution in [0.2, 0.25) is 0 Å². The molecule has 1 fully saturated rings. The molecule has 1 aromatic carbocycles. The Morgan fingerprint density at radius 1 is 1.14 bits per heavy atom. The molecule has 2 aromatic heterocycles. The summed E-state index contributed by atoms with van der Waals surface area (Å²) in [6, 6.07) is 13.8. The van der Waals surface area contributed by atoms with E-state index in [0.29, 0.717) is 18.8 Å². The predicted molar refractivity (Wildman–Crippen MR) is 163 cm³/mol. The minimum absolute atomic E-state index is 0.00135. The number of ether oxygens (including phenoxy) is 2. The van der Waals surface area contributed by atoms with Crippen LogP contribution in [0.5, 0.6) is 5.88 Å². The second-order valence-electron chi connectivity index (χ2n) is 13.1. The van der Waals surface area contributed by atoms with Crippen molar-refractivity contribution in [2.24, 2.45) is 5.41 Å². The molecule has 3 N–H and O–H groups in total. The van der Waals surface area contributed by atoms with Crippen molar-refractivity contribution >= 4 is 5.91 Å². The molecule has 3 aromatic rings. The maximum Gasteiger partial charge on any atom is 0.246 e. The van der Waals surface area contributed by atoms with Crippen LogP contribution >= 0.6 is 0 Å². The maximum absolute atomic E-state index is 12.6. The summed E-state index contributed by atoms with van der Waals surface area (Å²) in [5.41, 5.74) is 5.33. The summed E-state index contributed by atoms with van der Waals surface area (Å²) in [5.74, 6) is 0.441. The number of aliphatic hydroxyl groups is 1. The fraction of sp³-hybridized carbons (Fsp3) is 0.500. The minimum atomic E-state index is -0.829. The number of methoxy groups -OCH3 is 1. The van der Waals surface area contributed by atoms with Crippen molar-refractivity contribution in [2.75, 3.05) is 20.3 Å². The SMILES string of the molecule is COCC(=O)NC(Cc1cccc(-c2ccncc2)c1)[C@H](O)CN[C@H]1CC2(CCC2)Oc2ncc(CC(C)(C)C)cc21. The number of nitrogens with zero attached hydrogens (tertiary/aromatic N) is 2. The van der Waals surface area contributed by atoms with E-state index in [4.69, 9.17) is 14.5 Å². The summed E-state index contributed by atoms with van der Waals surface area (Å²) in [6.45, 7) is 6.92. The lowest BCUT2D eigenvalue weighted by atomic mass is 9.73. The highest BCUT2D eigenvalue weighted by Crippen LogP contribution is 2.48. The van der Waals surface area contributed by atoms with Gasteiger partial charge in [-0.15, -0.1) is 0 Å². The number of hydrogen-bond acceptors (Lipinski definition) is 7. The number of carbonyl (C=O) groups excluding carboxylic acids is 1. The van der Waals surface area contributed by atoms with Gasteiger partial charge < -0.3 is 25.2 Å².